The molecule has 0 bridgehead atoms. The maximum atomic E-state index is 13.9. The molecule has 26 heavy (non-hydrogen) atoms. The van der Waals surface area contributed by atoms with E-state index in [-0.39, 0.29) is 5.95 Å². The molecule has 0 saturated heterocycles. The number of nitrogens with one attached hydrogen (secondary N) is 3. The van der Waals surface area contributed by atoms with Crippen LogP contribution in [0.15, 0.2) is 24.3 Å². The average molecular weight is 359 g/mol. The molecule has 0 radical (unpaired) electrons. The minimum atomic E-state index is -0.627. The van der Waals surface area contributed by atoms with Crippen LogP contribution < -0.4 is 10.6 Å². The largest absolute Gasteiger partial charge is 0.347 e. The van der Waals surface area contributed by atoms with Crippen LogP contribution in [0, 0.1) is 18.6 Å². The van der Waals surface area contributed by atoms with Crippen LogP contribution in [-0.4, -0.2) is 25.1 Å². The van der Waals surface area contributed by atoms with E-state index in [0.29, 0.717) is 23.2 Å². The summed E-state index contributed by atoms with van der Waals surface area (Å²) in [7, 11) is 0. The number of benzene rings is 1. The number of rotatable bonds is 6. The zero-order chi connectivity index (χ0) is 18.7. The van der Waals surface area contributed by atoms with E-state index < -0.39 is 17.7 Å². The van der Waals surface area contributed by atoms with E-state index in [1.807, 2.05) is 13.0 Å². The van der Waals surface area contributed by atoms with E-state index in [2.05, 4.69) is 35.8 Å². The van der Waals surface area contributed by atoms with Crippen molar-refractivity contribution >= 4 is 17.7 Å². The molecule has 9 heteroatoms. The van der Waals surface area contributed by atoms with Gasteiger partial charge in [0.25, 0.3) is 0 Å². The minimum Gasteiger partial charge on any atom is -0.347 e. The van der Waals surface area contributed by atoms with E-state index in [1.165, 1.54) is 12.1 Å². The number of hydrogen-bond acceptors (Lipinski definition) is 6. The molecule has 0 aliphatic heterocycles. The van der Waals surface area contributed by atoms with Crippen molar-refractivity contribution in [3.8, 4) is 0 Å². The third-order valence-electron chi connectivity index (χ3n) is 3.77. The van der Waals surface area contributed by atoms with Crippen LogP contribution in [-0.2, 0) is 6.42 Å². The van der Waals surface area contributed by atoms with Gasteiger partial charge >= 0.3 is 0 Å². The number of anilines is 3. The molecule has 1 unspecified atom stereocenters. The lowest BCUT2D eigenvalue weighted by Gasteiger charge is -2.15. The van der Waals surface area contributed by atoms with Crippen LogP contribution >= 0.6 is 0 Å². The highest BCUT2D eigenvalue weighted by molar-refractivity contribution is 5.49. The molecule has 1 aromatic carbocycles. The van der Waals surface area contributed by atoms with Crippen LogP contribution in [0.5, 0.6) is 0 Å². The summed E-state index contributed by atoms with van der Waals surface area (Å²) < 4.78 is 27.0. The Morgan fingerprint density at radius 1 is 1.12 bits per heavy atom. The Hall–Kier alpha value is -3.10. The summed E-state index contributed by atoms with van der Waals surface area (Å²) in [6.07, 6.45) is 0.832. The predicted molar refractivity (Wildman–Crippen MR) is 94.2 cm³/mol. The second-order valence-corrected chi connectivity index (χ2v) is 5.82. The number of hydrogen-bond donors (Lipinski definition) is 3. The van der Waals surface area contributed by atoms with Crippen molar-refractivity contribution < 1.29 is 8.78 Å². The first kappa shape index (κ1) is 17.7. The SMILES string of the molecule is CCc1cc(Nc2nc(C)nc(NC(C)c3ccc(F)cc3F)n2)n[nH]1. The topological polar surface area (TPSA) is 91.4 Å². The number of aromatic nitrogens is 5. The molecular formula is C17H19F2N7. The first-order chi connectivity index (χ1) is 12.4. The highest BCUT2D eigenvalue weighted by atomic mass is 19.1. The molecule has 1 atom stereocenters. The van der Waals surface area contributed by atoms with E-state index >= 15 is 0 Å². The number of aromatic amines is 1. The molecule has 0 fully saturated rings. The average Bonchev–Trinajstić information content (AvgIpc) is 3.01. The van der Waals surface area contributed by atoms with Gasteiger partial charge in [0, 0.05) is 23.4 Å². The van der Waals surface area contributed by atoms with Gasteiger partial charge in [0.2, 0.25) is 11.9 Å². The Labute approximate surface area is 149 Å². The van der Waals surface area contributed by atoms with Gasteiger partial charge in [-0.3, -0.25) is 5.10 Å². The van der Waals surface area contributed by atoms with Crippen molar-refractivity contribution in [2.45, 2.75) is 33.2 Å². The van der Waals surface area contributed by atoms with E-state index in [1.54, 1.807) is 13.8 Å². The molecule has 7 nitrogen and oxygen atoms in total. The summed E-state index contributed by atoms with van der Waals surface area (Å²) in [4.78, 5) is 12.7. The molecule has 0 saturated carbocycles. The fourth-order valence-corrected chi connectivity index (χ4v) is 2.45. The lowest BCUT2D eigenvalue weighted by Crippen LogP contribution is -2.13. The Balaban J connectivity index is 1.78. The van der Waals surface area contributed by atoms with E-state index in [0.717, 1.165) is 18.2 Å². The first-order valence-corrected chi connectivity index (χ1v) is 8.20. The Morgan fingerprint density at radius 3 is 2.58 bits per heavy atom. The zero-order valence-corrected chi connectivity index (χ0v) is 14.6. The summed E-state index contributed by atoms with van der Waals surface area (Å²) in [5.41, 5.74) is 1.30. The fraction of sp³-hybridized carbons (Fsp3) is 0.294. The summed E-state index contributed by atoms with van der Waals surface area (Å²) in [6.45, 7) is 5.48. The van der Waals surface area contributed by atoms with Gasteiger partial charge in [-0.25, -0.2) is 8.78 Å². The third-order valence-corrected chi connectivity index (χ3v) is 3.77. The van der Waals surface area contributed by atoms with Crippen molar-refractivity contribution in [2.24, 2.45) is 0 Å². The molecule has 3 aromatic rings. The summed E-state index contributed by atoms with van der Waals surface area (Å²) in [5.74, 6) is 0.437. The molecule has 2 heterocycles. The number of aryl methyl sites for hydroxylation is 2. The van der Waals surface area contributed by atoms with E-state index in [9.17, 15) is 8.78 Å². The number of H-pyrrole nitrogens is 1. The molecule has 0 aliphatic carbocycles. The number of nitrogens with zero attached hydrogens (tertiary/aromatic N) is 4. The predicted octanol–water partition coefficient (Wildman–Crippen LogP) is 3.66. The maximum absolute atomic E-state index is 13.9. The van der Waals surface area contributed by atoms with Gasteiger partial charge in [-0.1, -0.05) is 13.0 Å². The maximum Gasteiger partial charge on any atom is 0.233 e. The summed E-state index contributed by atoms with van der Waals surface area (Å²) in [6, 6.07) is 4.86. The molecule has 136 valence electrons. The van der Waals surface area contributed by atoms with Crippen molar-refractivity contribution in [3.05, 3.63) is 53.0 Å². The molecule has 0 spiro atoms. The van der Waals surface area contributed by atoms with E-state index in [4.69, 9.17) is 0 Å². The fourth-order valence-electron chi connectivity index (χ4n) is 2.45. The molecule has 3 N–H and O–H groups in total. The van der Waals surface area contributed by atoms with Crippen molar-refractivity contribution in [1.29, 1.82) is 0 Å². The first-order valence-electron chi connectivity index (χ1n) is 8.20. The lowest BCUT2D eigenvalue weighted by molar-refractivity contribution is 0.566. The summed E-state index contributed by atoms with van der Waals surface area (Å²) >= 11 is 0. The molecule has 2 aromatic heterocycles. The minimum absolute atomic E-state index is 0.280. The Bertz CT molecular complexity index is 910. The lowest BCUT2D eigenvalue weighted by atomic mass is 10.1. The van der Waals surface area contributed by atoms with Gasteiger partial charge in [-0.05, 0) is 26.3 Å². The second kappa shape index (κ2) is 7.42. The molecule has 3 rings (SSSR count). The normalized spacial score (nSPS) is 12.0. The van der Waals surface area contributed by atoms with Crippen LogP contribution in [0.2, 0.25) is 0 Å². The van der Waals surface area contributed by atoms with Crippen LogP contribution in [0.1, 0.15) is 37.0 Å². The van der Waals surface area contributed by atoms with Gasteiger partial charge in [0.05, 0.1) is 6.04 Å². The van der Waals surface area contributed by atoms with Gasteiger partial charge in [-0.2, -0.15) is 20.1 Å². The van der Waals surface area contributed by atoms with Gasteiger partial charge < -0.3 is 10.6 Å². The molecular weight excluding hydrogens is 340 g/mol. The van der Waals surface area contributed by atoms with Gasteiger partial charge in [0.1, 0.15) is 17.5 Å². The quantitative estimate of drug-likeness (QED) is 0.622. The standard InChI is InChI=1S/C17H19F2N7/c1-4-12-8-15(26-25-12)23-17-22-10(3)21-16(24-17)20-9(2)13-6-5-11(18)7-14(13)19/h5-9H,4H2,1-3H3,(H3,20,21,22,23,24,25,26). The van der Waals surface area contributed by atoms with Crippen molar-refractivity contribution in [3.63, 3.8) is 0 Å². The van der Waals surface area contributed by atoms with Crippen LogP contribution in [0.3, 0.4) is 0 Å². The molecule has 0 aliphatic rings. The highest BCUT2D eigenvalue weighted by Gasteiger charge is 2.14. The van der Waals surface area contributed by atoms with Crippen molar-refractivity contribution in [2.75, 3.05) is 10.6 Å². The summed E-state index contributed by atoms with van der Waals surface area (Å²) in [5, 5.41) is 13.0. The molecule has 0 amide bonds. The Kier molecular flexibility index (Phi) is 5.06. The van der Waals surface area contributed by atoms with Gasteiger partial charge in [0.15, 0.2) is 5.82 Å². The van der Waals surface area contributed by atoms with Crippen molar-refractivity contribution in [1.82, 2.24) is 25.1 Å². The third kappa shape index (κ3) is 4.11. The Morgan fingerprint density at radius 2 is 1.88 bits per heavy atom. The number of halogens is 2. The van der Waals surface area contributed by atoms with Crippen LogP contribution in [0.25, 0.3) is 0 Å². The second-order valence-electron chi connectivity index (χ2n) is 5.82. The zero-order valence-electron chi connectivity index (χ0n) is 14.6. The highest BCUT2D eigenvalue weighted by Crippen LogP contribution is 2.21. The van der Waals surface area contributed by atoms with Crippen LogP contribution in [0.4, 0.5) is 26.5 Å². The van der Waals surface area contributed by atoms with Gasteiger partial charge in [-0.15, -0.1) is 0 Å². The smallest absolute Gasteiger partial charge is 0.233 e. The monoisotopic (exact) mass is 359 g/mol.